The van der Waals surface area contributed by atoms with Gasteiger partial charge in [0.1, 0.15) is 17.9 Å². The van der Waals surface area contributed by atoms with E-state index in [0.29, 0.717) is 21.5 Å². The normalized spacial score (nSPS) is 14.8. The van der Waals surface area contributed by atoms with Crippen LogP contribution in [0, 0.1) is 12.7 Å². The van der Waals surface area contributed by atoms with Crippen molar-refractivity contribution in [3.8, 4) is 0 Å². The average molecular weight is 496 g/mol. The second-order valence-corrected chi connectivity index (χ2v) is 8.58. The summed E-state index contributed by atoms with van der Waals surface area (Å²) in [5.74, 6) is -2.63. The summed E-state index contributed by atoms with van der Waals surface area (Å²) in [7, 11) is 0. The Hall–Kier alpha value is -5.05. The minimum atomic E-state index is -0.965. The Morgan fingerprint density at radius 1 is 1.00 bits per heavy atom. The van der Waals surface area contributed by atoms with Crippen LogP contribution in [-0.2, 0) is 20.9 Å². The fourth-order valence-electron chi connectivity index (χ4n) is 4.18. The summed E-state index contributed by atoms with van der Waals surface area (Å²) in [6, 6.07) is 18.7. The molecule has 1 aliphatic heterocycles. The number of aryl methyl sites for hydroxylation is 1. The molecule has 184 valence electrons. The number of barbiturate groups is 1. The van der Waals surface area contributed by atoms with Crippen LogP contribution < -0.4 is 15.5 Å². The third-order valence-corrected chi connectivity index (χ3v) is 5.94. The number of aromatic nitrogens is 1. The fraction of sp³-hybridized carbons (Fsp3) is 0.0714. The first-order valence-electron chi connectivity index (χ1n) is 11.4. The standard InChI is InChI=1S/C28H21FN4O4/c1-17-9-11-20(12-10-17)30-25(34)16-32-15-18(22-7-2-3-8-24(22)32)13-23-26(35)31-28(37)33(27(23)36)21-6-4-5-19(29)14-21/h2-15H,16H2,1H3,(H,30,34)(H,31,35,37)/b23-13+. The maximum Gasteiger partial charge on any atom is 0.335 e. The smallest absolute Gasteiger partial charge is 0.335 e. The maximum absolute atomic E-state index is 13.7. The first kappa shape index (κ1) is 23.7. The van der Waals surface area contributed by atoms with Crippen LogP contribution >= 0.6 is 0 Å². The van der Waals surface area contributed by atoms with Gasteiger partial charge in [0.25, 0.3) is 11.8 Å². The minimum Gasteiger partial charge on any atom is -0.337 e. The van der Waals surface area contributed by atoms with Crippen molar-refractivity contribution >= 4 is 52.1 Å². The molecule has 5 rings (SSSR count). The van der Waals surface area contributed by atoms with Gasteiger partial charge in [-0.25, -0.2) is 14.1 Å². The molecule has 1 saturated heterocycles. The van der Waals surface area contributed by atoms with Gasteiger partial charge in [-0.3, -0.25) is 19.7 Å². The van der Waals surface area contributed by atoms with E-state index < -0.39 is 23.7 Å². The van der Waals surface area contributed by atoms with Gasteiger partial charge in [-0.05, 0) is 49.4 Å². The van der Waals surface area contributed by atoms with E-state index in [4.69, 9.17) is 0 Å². The number of amides is 5. The van der Waals surface area contributed by atoms with Crippen LogP contribution in [0.15, 0.2) is 84.6 Å². The van der Waals surface area contributed by atoms with E-state index in [0.717, 1.165) is 17.1 Å². The summed E-state index contributed by atoms with van der Waals surface area (Å²) in [6.07, 6.45) is 3.03. The first-order valence-corrected chi connectivity index (χ1v) is 11.4. The molecule has 1 fully saturated rings. The predicted molar refractivity (Wildman–Crippen MR) is 137 cm³/mol. The van der Waals surface area contributed by atoms with Gasteiger partial charge in [0.05, 0.1) is 5.69 Å². The summed E-state index contributed by atoms with van der Waals surface area (Å²) in [4.78, 5) is 51.7. The number of benzene rings is 3. The van der Waals surface area contributed by atoms with Gasteiger partial charge in [0.15, 0.2) is 0 Å². The molecule has 0 bridgehead atoms. The molecule has 37 heavy (non-hydrogen) atoms. The Labute approximate surface area is 211 Å². The van der Waals surface area contributed by atoms with Crippen LogP contribution in [0.5, 0.6) is 0 Å². The molecule has 0 radical (unpaired) electrons. The SMILES string of the molecule is Cc1ccc(NC(=O)Cn2cc(/C=C3\C(=O)NC(=O)N(c4cccc(F)c4)C3=O)c3ccccc32)cc1. The van der Waals surface area contributed by atoms with Crippen LogP contribution in [0.1, 0.15) is 11.1 Å². The van der Waals surface area contributed by atoms with Crippen LogP contribution in [-0.4, -0.2) is 28.3 Å². The van der Waals surface area contributed by atoms with Gasteiger partial charge in [0, 0.05) is 28.4 Å². The van der Waals surface area contributed by atoms with Crippen LogP contribution in [0.3, 0.4) is 0 Å². The number of halogens is 1. The summed E-state index contributed by atoms with van der Waals surface area (Å²) < 4.78 is 15.5. The predicted octanol–water partition coefficient (Wildman–Crippen LogP) is 4.39. The molecule has 3 aromatic carbocycles. The molecule has 2 N–H and O–H groups in total. The molecule has 1 aliphatic rings. The Morgan fingerprint density at radius 3 is 2.51 bits per heavy atom. The van der Waals surface area contributed by atoms with Crippen molar-refractivity contribution in [2.24, 2.45) is 0 Å². The zero-order chi connectivity index (χ0) is 26.1. The average Bonchev–Trinajstić information content (AvgIpc) is 3.20. The Bertz CT molecular complexity index is 1600. The molecule has 8 nitrogen and oxygen atoms in total. The molecule has 0 unspecified atom stereocenters. The van der Waals surface area contributed by atoms with Crippen LogP contribution in [0.4, 0.5) is 20.6 Å². The van der Waals surface area contributed by atoms with Gasteiger partial charge in [-0.2, -0.15) is 0 Å². The maximum atomic E-state index is 13.7. The van der Waals surface area contributed by atoms with Crippen molar-refractivity contribution in [2.45, 2.75) is 13.5 Å². The molecule has 0 atom stereocenters. The summed E-state index contributed by atoms with van der Waals surface area (Å²) in [5, 5.41) is 5.69. The molecule has 9 heteroatoms. The van der Waals surface area contributed by atoms with Crippen molar-refractivity contribution in [3.63, 3.8) is 0 Å². The number of urea groups is 1. The number of carbonyl (C=O) groups is 4. The number of carbonyl (C=O) groups excluding carboxylic acids is 4. The number of anilines is 2. The third-order valence-electron chi connectivity index (χ3n) is 5.94. The number of para-hydroxylation sites is 1. The highest BCUT2D eigenvalue weighted by Crippen LogP contribution is 2.27. The van der Waals surface area contributed by atoms with Crippen LogP contribution in [0.2, 0.25) is 0 Å². The quantitative estimate of drug-likeness (QED) is 0.316. The van der Waals surface area contributed by atoms with E-state index in [2.05, 4.69) is 10.6 Å². The molecular formula is C28H21FN4O4. The summed E-state index contributed by atoms with van der Waals surface area (Å²) in [5.41, 5.74) is 2.67. The van der Waals surface area contributed by atoms with Gasteiger partial charge in [-0.15, -0.1) is 0 Å². The van der Waals surface area contributed by atoms with E-state index >= 15 is 0 Å². The molecule has 0 saturated carbocycles. The highest BCUT2D eigenvalue weighted by atomic mass is 19.1. The third kappa shape index (κ3) is 4.74. The Morgan fingerprint density at radius 2 is 1.76 bits per heavy atom. The van der Waals surface area contributed by atoms with Crippen LogP contribution in [0.25, 0.3) is 17.0 Å². The fourth-order valence-corrected chi connectivity index (χ4v) is 4.18. The first-order chi connectivity index (χ1) is 17.8. The van der Waals surface area contributed by atoms with E-state index in [1.54, 1.807) is 22.9 Å². The van der Waals surface area contributed by atoms with Gasteiger partial charge >= 0.3 is 6.03 Å². The number of imide groups is 2. The lowest BCUT2D eigenvalue weighted by Gasteiger charge is -2.26. The zero-order valence-electron chi connectivity index (χ0n) is 19.7. The Balaban J connectivity index is 1.48. The molecule has 1 aromatic heterocycles. The lowest BCUT2D eigenvalue weighted by atomic mass is 10.1. The molecule has 0 spiro atoms. The van der Waals surface area contributed by atoms with E-state index in [9.17, 15) is 23.6 Å². The van der Waals surface area contributed by atoms with Gasteiger partial charge in [-0.1, -0.05) is 42.0 Å². The number of nitrogens with zero attached hydrogens (tertiary/aromatic N) is 2. The number of nitrogens with one attached hydrogen (secondary N) is 2. The topological polar surface area (TPSA) is 101 Å². The summed E-state index contributed by atoms with van der Waals surface area (Å²) in [6.45, 7) is 1.95. The highest BCUT2D eigenvalue weighted by Gasteiger charge is 2.37. The van der Waals surface area contributed by atoms with E-state index in [-0.39, 0.29) is 23.7 Å². The minimum absolute atomic E-state index is 0.00361. The van der Waals surface area contributed by atoms with E-state index in [1.165, 1.54) is 24.3 Å². The van der Waals surface area contributed by atoms with Gasteiger partial charge in [0.2, 0.25) is 5.91 Å². The number of fused-ring (bicyclic) bond motifs is 1. The van der Waals surface area contributed by atoms with Crippen molar-refractivity contribution < 1.29 is 23.6 Å². The highest BCUT2D eigenvalue weighted by molar-refractivity contribution is 6.39. The molecule has 0 aliphatic carbocycles. The van der Waals surface area contributed by atoms with Crippen molar-refractivity contribution in [1.29, 1.82) is 0 Å². The molecular weight excluding hydrogens is 475 g/mol. The van der Waals surface area contributed by atoms with Gasteiger partial charge < -0.3 is 9.88 Å². The monoisotopic (exact) mass is 496 g/mol. The van der Waals surface area contributed by atoms with Crippen molar-refractivity contribution in [3.05, 3.63) is 102 Å². The lowest BCUT2D eigenvalue weighted by molar-refractivity contribution is -0.122. The molecule has 5 amide bonds. The second kappa shape index (κ2) is 9.54. The van der Waals surface area contributed by atoms with Crippen molar-refractivity contribution in [2.75, 3.05) is 10.2 Å². The van der Waals surface area contributed by atoms with Crippen molar-refractivity contribution in [1.82, 2.24) is 9.88 Å². The molecule has 4 aromatic rings. The lowest BCUT2D eigenvalue weighted by Crippen LogP contribution is -2.54. The zero-order valence-corrected chi connectivity index (χ0v) is 19.7. The number of rotatable bonds is 5. The number of hydrogen-bond donors (Lipinski definition) is 2. The summed E-state index contributed by atoms with van der Waals surface area (Å²) >= 11 is 0. The second-order valence-electron chi connectivity index (χ2n) is 8.58. The Kier molecular flexibility index (Phi) is 6.10. The number of hydrogen-bond acceptors (Lipinski definition) is 4. The largest absolute Gasteiger partial charge is 0.337 e. The molecule has 2 heterocycles. The van der Waals surface area contributed by atoms with E-state index in [1.807, 2.05) is 43.3 Å².